The van der Waals surface area contributed by atoms with E-state index >= 15 is 0 Å². The Labute approximate surface area is 236 Å². The largest absolute Gasteiger partial charge is 0.379 e. The van der Waals surface area contributed by atoms with Gasteiger partial charge in [-0.05, 0) is 49.6 Å². The summed E-state index contributed by atoms with van der Waals surface area (Å²) in [4.78, 5) is 25.5. The minimum Gasteiger partial charge on any atom is -0.379 e. The average Bonchev–Trinajstić information content (AvgIpc) is 3.50. The summed E-state index contributed by atoms with van der Waals surface area (Å²) in [6, 6.07) is 9.79. The van der Waals surface area contributed by atoms with E-state index in [1.54, 1.807) is 0 Å². The number of pyridine rings is 1. The second-order valence-corrected chi connectivity index (χ2v) is 12.5. The fraction of sp³-hybridized carbons (Fsp3) is 0.548. The molecule has 3 aliphatic heterocycles. The Kier molecular flexibility index (Phi) is 7.41. The van der Waals surface area contributed by atoms with E-state index in [2.05, 4.69) is 58.3 Å². The number of benzene rings is 1. The number of nitrogens with one attached hydrogen (secondary N) is 1. The molecular formula is C31H41FN6O2. The van der Waals surface area contributed by atoms with Gasteiger partial charge in [0, 0.05) is 56.3 Å². The summed E-state index contributed by atoms with van der Waals surface area (Å²) in [5.41, 5.74) is 4.98. The number of anilines is 1. The van der Waals surface area contributed by atoms with Crippen LogP contribution in [-0.4, -0.2) is 95.7 Å². The van der Waals surface area contributed by atoms with E-state index in [1.165, 1.54) is 12.1 Å². The minimum atomic E-state index is -0.241. The van der Waals surface area contributed by atoms with Gasteiger partial charge in [-0.1, -0.05) is 26.0 Å². The van der Waals surface area contributed by atoms with Crippen LogP contribution in [0, 0.1) is 5.82 Å². The molecule has 2 aromatic heterocycles. The van der Waals surface area contributed by atoms with E-state index in [1.807, 2.05) is 29.6 Å². The first-order chi connectivity index (χ1) is 19.2. The molecular weight excluding hydrogens is 507 g/mol. The van der Waals surface area contributed by atoms with E-state index in [9.17, 15) is 9.18 Å². The van der Waals surface area contributed by atoms with Crippen molar-refractivity contribution in [2.24, 2.45) is 0 Å². The third-order valence-electron chi connectivity index (χ3n) is 8.87. The van der Waals surface area contributed by atoms with Gasteiger partial charge in [-0.25, -0.2) is 9.37 Å². The lowest BCUT2D eigenvalue weighted by molar-refractivity contribution is -0.121. The predicted molar refractivity (Wildman–Crippen MR) is 154 cm³/mol. The van der Waals surface area contributed by atoms with E-state index in [4.69, 9.17) is 4.74 Å². The van der Waals surface area contributed by atoms with Crippen molar-refractivity contribution in [3.8, 4) is 0 Å². The van der Waals surface area contributed by atoms with Gasteiger partial charge in [0.25, 0.3) is 0 Å². The summed E-state index contributed by atoms with van der Waals surface area (Å²) in [7, 11) is 0. The molecule has 1 amide bonds. The maximum Gasteiger partial charge on any atom is 0.241 e. The molecule has 1 N–H and O–H groups in total. The van der Waals surface area contributed by atoms with Crippen LogP contribution in [0.1, 0.15) is 44.5 Å². The normalized spacial score (nSPS) is 25.4. The zero-order valence-electron chi connectivity index (χ0n) is 24.1. The zero-order valence-corrected chi connectivity index (χ0v) is 24.1. The molecule has 0 bridgehead atoms. The molecule has 6 rings (SSSR count). The van der Waals surface area contributed by atoms with Gasteiger partial charge >= 0.3 is 0 Å². The number of hydrogen-bond donors (Lipinski definition) is 1. The maximum absolute atomic E-state index is 14.1. The number of aromatic nitrogens is 2. The minimum absolute atomic E-state index is 0.133. The van der Waals surface area contributed by atoms with Crippen molar-refractivity contribution < 1.29 is 13.9 Å². The Bertz CT molecular complexity index is 1370. The number of rotatable bonds is 6. The van der Waals surface area contributed by atoms with Crippen molar-refractivity contribution in [2.45, 2.75) is 57.7 Å². The predicted octanol–water partition coefficient (Wildman–Crippen LogP) is 3.07. The van der Waals surface area contributed by atoms with E-state index in [-0.39, 0.29) is 23.2 Å². The van der Waals surface area contributed by atoms with Crippen LogP contribution >= 0.6 is 0 Å². The summed E-state index contributed by atoms with van der Waals surface area (Å²) in [6.07, 6.45) is 4.38. The van der Waals surface area contributed by atoms with Gasteiger partial charge in [-0.15, -0.1) is 0 Å². The highest BCUT2D eigenvalue weighted by Gasteiger charge is 2.42. The number of fused-ring (bicyclic) bond motifs is 3. The van der Waals surface area contributed by atoms with Crippen LogP contribution in [0.3, 0.4) is 0 Å². The van der Waals surface area contributed by atoms with E-state index < -0.39 is 0 Å². The molecule has 1 aromatic carbocycles. The van der Waals surface area contributed by atoms with E-state index in [0.29, 0.717) is 31.6 Å². The van der Waals surface area contributed by atoms with Gasteiger partial charge in [0.05, 0.1) is 49.2 Å². The smallest absolute Gasteiger partial charge is 0.241 e. The van der Waals surface area contributed by atoms with Crippen LogP contribution in [0.4, 0.5) is 10.1 Å². The third-order valence-corrected chi connectivity index (χ3v) is 8.87. The molecule has 3 aromatic rings. The summed E-state index contributed by atoms with van der Waals surface area (Å²) >= 11 is 0. The summed E-state index contributed by atoms with van der Waals surface area (Å²) < 4.78 is 21.4. The van der Waals surface area contributed by atoms with Gasteiger partial charge in [0.1, 0.15) is 5.82 Å². The Morgan fingerprint density at radius 1 is 1.20 bits per heavy atom. The number of amides is 1. The molecule has 214 valence electrons. The number of nitrogens with zero attached hydrogens (tertiary/aromatic N) is 5. The summed E-state index contributed by atoms with van der Waals surface area (Å²) in [6.45, 7) is 14.9. The molecule has 2 saturated heterocycles. The molecule has 40 heavy (non-hydrogen) atoms. The van der Waals surface area contributed by atoms with Gasteiger partial charge in [-0.3, -0.25) is 14.6 Å². The number of carbonyl (C=O) groups excluding carboxylic acids is 1. The number of imidazole rings is 1. The van der Waals surface area contributed by atoms with Crippen molar-refractivity contribution in [1.29, 1.82) is 0 Å². The lowest BCUT2D eigenvalue weighted by Crippen LogP contribution is -2.62. The molecule has 9 heteroatoms. The van der Waals surface area contributed by atoms with Crippen LogP contribution in [0.5, 0.6) is 0 Å². The van der Waals surface area contributed by atoms with Gasteiger partial charge < -0.3 is 19.4 Å². The highest BCUT2D eigenvalue weighted by Crippen LogP contribution is 2.42. The molecule has 0 radical (unpaired) electrons. The molecule has 3 atom stereocenters. The fourth-order valence-corrected chi connectivity index (χ4v) is 6.73. The molecule has 0 aliphatic carbocycles. The van der Waals surface area contributed by atoms with Crippen LogP contribution in [0.25, 0.3) is 5.52 Å². The quantitative estimate of drug-likeness (QED) is 0.511. The number of hydrogen-bond acceptors (Lipinski definition) is 6. The van der Waals surface area contributed by atoms with Crippen molar-refractivity contribution in [3.63, 3.8) is 0 Å². The first kappa shape index (κ1) is 27.3. The summed E-state index contributed by atoms with van der Waals surface area (Å²) in [5.74, 6) is -0.109. The Morgan fingerprint density at radius 2 is 2.00 bits per heavy atom. The van der Waals surface area contributed by atoms with Crippen LogP contribution in [0.2, 0.25) is 0 Å². The van der Waals surface area contributed by atoms with Crippen molar-refractivity contribution in [3.05, 3.63) is 65.5 Å². The number of piperazine rings is 1. The fourth-order valence-electron chi connectivity index (χ4n) is 6.73. The second-order valence-electron chi connectivity index (χ2n) is 12.5. The van der Waals surface area contributed by atoms with E-state index in [0.717, 1.165) is 67.4 Å². The average molecular weight is 549 g/mol. The molecule has 2 fully saturated rings. The Hall–Kier alpha value is -2.85. The molecule has 3 aliphatic rings. The Morgan fingerprint density at radius 3 is 2.77 bits per heavy atom. The van der Waals surface area contributed by atoms with Crippen LogP contribution in [0.15, 0.2) is 42.9 Å². The molecule has 0 unspecified atom stereocenters. The molecule has 0 saturated carbocycles. The zero-order chi connectivity index (χ0) is 28.0. The van der Waals surface area contributed by atoms with Crippen LogP contribution < -0.4 is 10.2 Å². The number of halogens is 1. The monoisotopic (exact) mass is 548 g/mol. The van der Waals surface area contributed by atoms with Crippen molar-refractivity contribution in [2.75, 3.05) is 57.4 Å². The lowest BCUT2D eigenvalue weighted by Gasteiger charge is -2.43. The number of ether oxygens (including phenoxy) is 1. The highest BCUT2D eigenvalue weighted by molar-refractivity contribution is 5.98. The van der Waals surface area contributed by atoms with Gasteiger partial charge in [0.15, 0.2) is 0 Å². The van der Waals surface area contributed by atoms with Gasteiger partial charge in [-0.2, -0.15) is 0 Å². The SMILES string of the molecule is C[C@@H]1CN(CC(=O)N2CC(C)(C)c3c2cc(Cc2ccc(F)cc2)c2cncn32)[C@@H](CN2CCOC[C@H]2C)CN1. The number of carbonyl (C=O) groups is 1. The number of morpholine rings is 1. The van der Waals surface area contributed by atoms with Crippen LogP contribution in [-0.2, 0) is 21.4 Å². The second kappa shape index (κ2) is 10.9. The first-order valence-electron chi connectivity index (χ1n) is 14.5. The standard InChI is InChI=1S/C31H41FN6O2/c1-21-15-36(26(13-34-21)16-35-9-10-40-18-22(35)2)17-29(39)37-19-31(3,4)30-27(37)12-24(28-14-33-20-38(28)30)11-23-5-7-25(32)8-6-23/h5-8,12,14,20-22,26,34H,9-11,13,15-19H2,1-4H3/t21-,22-,26-/m1/s1. The molecule has 0 spiro atoms. The first-order valence-corrected chi connectivity index (χ1v) is 14.5. The van der Waals surface area contributed by atoms with Gasteiger partial charge in [0.2, 0.25) is 5.91 Å². The van der Waals surface area contributed by atoms with Crippen molar-refractivity contribution >= 4 is 17.1 Å². The molecule has 8 nitrogen and oxygen atoms in total. The summed E-state index contributed by atoms with van der Waals surface area (Å²) in [5, 5.41) is 3.63. The molecule has 5 heterocycles. The third kappa shape index (κ3) is 5.28. The maximum atomic E-state index is 14.1. The van der Waals surface area contributed by atoms with Crippen molar-refractivity contribution in [1.82, 2.24) is 24.5 Å². The lowest BCUT2D eigenvalue weighted by atomic mass is 9.90. The Balaban J connectivity index is 1.28. The topological polar surface area (TPSA) is 65.4 Å². The highest BCUT2D eigenvalue weighted by atomic mass is 19.1.